The van der Waals surface area contributed by atoms with Crippen LogP contribution in [-0.2, 0) is 11.2 Å². The summed E-state index contributed by atoms with van der Waals surface area (Å²) in [6.07, 6.45) is 2.77. The molecule has 3 rings (SSSR count). The minimum atomic E-state index is 0. The van der Waals surface area contributed by atoms with Crippen molar-refractivity contribution in [3.8, 4) is 0 Å². The first-order chi connectivity index (χ1) is 13.6. The molecule has 6 nitrogen and oxygen atoms in total. The molecule has 0 unspecified atom stereocenters. The van der Waals surface area contributed by atoms with Gasteiger partial charge >= 0.3 is 0 Å². The molecule has 2 aromatic rings. The standard InChI is InChI=1S/C22H33N5O.HI/c1-4-23-21(26-17-22(2,3)27-13-15-28-16-14-27)25-12-10-19-8-5-7-18-9-6-11-24-20(18)19;/h5-9,11H,4,10,12-17H2,1-3H3,(H2,23,25,26);1H. The highest BCUT2D eigenvalue weighted by Crippen LogP contribution is 2.17. The molecular weight excluding hydrogens is 477 g/mol. The van der Waals surface area contributed by atoms with Gasteiger partial charge in [-0.1, -0.05) is 24.3 Å². The minimum absolute atomic E-state index is 0. The number of aliphatic imine (C=N–C) groups is 1. The number of benzene rings is 1. The Kier molecular flexibility index (Phi) is 9.58. The van der Waals surface area contributed by atoms with Crippen LogP contribution in [0.5, 0.6) is 0 Å². The number of hydrogen-bond donors (Lipinski definition) is 2. The molecule has 0 spiro atoms. The Balaban J connectivity index is 0.00000300. The van der Waals surface area contributed by atoms with Crippen molar-refractivity contribution < 1.29 is 4.74 Å². The van der Waals surface area contributed by atoms with Crippen LogP contribution in [0.3, 0.4) is 0 Å². The monoisotopic (exact) mass is 511 g/mol. The highest BCUT2D eigenvalue weighted by atomic mass is 127. The van der Waals surface area contributed by atoms with Crippen molar-refractivity contribution in [2.24, 2.45) is 4.99 Å². The van der Waals surface area contributed by atoms with Crippen molar-refractivity contribution in [3.05, 3.63) is 42.1 Å². The van der Waals surface area contributed by atoms with Crippen LogP contribution in [0, 0.1) is 0 Å². The summed E-state index contributed by atoms with van der Waals surface area (Å²) in [7, 11) is 0. The Morgan fingerprint density at radius 3 is 2.69 bits per heavy atom. The van der Waals surface area contributed by atoms with Gasteiger partial charge in [-0.05, 0) is 38.8 Å². The number of hydrogen-bond acceptors (Lipinski definition) is 4. The van der Waals surface area contributed by atoms with E-state index in [0.717, 1.165) is 63.8 Å². The quantitative estimate of drug-likeness (QED) is 0.340. The summed E-state index contributed by atoms with van der Waals surface area (Å²) in [5.41, 5.74) is 2.36. The number of aromatic nitrogens is 1. The van der Waals surface area contributed by atoms with Crippen molar-refractivity contribution in [3.63, 3.8) is 0 Å². The van der Waals surface area contributed by atoms with Gasteiger partial charge in [0.1, 0.15) is 0 Å². The van der Waals surface area contributed by atoms with Crippen LogP contribution in [-0.4, -0.2) is 67.3 Å². The molecule has 0 amide bonds. The predicted molar refractivity (Wildman–Crippen MR) is 131 cm³/mol. The minimum Gasteiger partial charge on any atom is -0.379 e. The van der Waals surface area contributed by atoms with Crippen molar-refractivity contribution in [2.45, 2.75) is 32.7 Å². The Hall–Kier alpha value is -1.45. The molecule has 29 heavy (non-hydrogen) atoms. The number of guanidine groups is 1. The van der Waals surface area contributed by atoms with E-state index in [1.807, 2.05) is 12.3 Å². The van der Waals surface area contributed by atoms with Gasteiger partial charge < -0.3 is 15.4 Å². The zero-order valence-corrected chi connectivity index (χ0v) is 20.1. The molecule has 1 aromatic carbocycles. The van der Waals surface area contributed by atoms with Crippen LogP contribution >= 0.6 is 24.0 Å². The molecule has 0 saturated carbocycles. The lowest BCUT2D eigenvalue weighted by Crippen LogP contribution is -2.52. The Morgan fingerprint density at radius 2 is 1.93 bits per heavy atom. The van der Waals surface area contributed by atoms with Gasteiger partial charge in [0.05, 0.1) is 25.3 Å². The number of fused-ring (bicyclic) bond motifs is 1. The van der Waals surface area contributed by atoms with Gasteiger partial charge in [-0.15, -0.1) is 24.0 Å². The fraction of sp³-hybridized carbons (Fsp3) is 0.545. The number of para-hydroxylation sites is 1. The number of rotatable bonds is 7. The van der Waals surface area contributed by atoms with Crippen LogP contribution < -0.4 is 10.6 Å². The maximum absolute atomic E-state index is 5.48. The molecule has 0 aliphatic carbocycles. The molecule has 0 atom stereocenters. The zero-order chi connectivity index (χ0) is 19.8. The van der Waals surface area contributed by atoms with Gasteiger partial charge in [-0.3, -0.25) is 14.9 Å². The fourth-order valence-electron chi connectivity index (χ4n) is 3.57. The number of nitrogens with zero attached hydrogens (tertiary/aromatic N) is 3. The molecule has 2 N–H and O–H groups in total. The smallest absolute Gasteiger partial charge is 0.191 e. The van der Waals surface area contributed by atoms with Gasteiger partial charge in [-0.25, -0.2) is 0 Å². The van der Waals surface area contributed by atoms with Gasteiger partial charge in [0, 0.05) is 43.3 Å². The summed E-state index contributed by atoms with van der Waals surface area (Å²) < 4.78 is 5.48. The lowest BCUT2D eigenvalue weighted by Gasteiger charge is -2.39. The molecule has 160 valence electrons. The molecule has 0 radical (unpaired) electrons. The summed E-state index contributed by atoms with van der Waals surface area (Å²) in [6.45, 7) is 12.6. The van der Waals surface area contributed by atoms with E-state index in [-0.39, 0.29) is 29.5 Å². The molecule has 0 bridgehead atoms. The lowest BCUT2D eigenvalue weighted by molar-refractivity contribution is -0.00683. The van der Waals surface area contributed by atoms with Gasteiger partial charge in [-0.2, -0.15) is 0 Å². The maximum atomic E-state index is 5.48. The van der Waals surface area contributed by atoms with E-state index in [4.69, 9.17) is 9.73 Å². The molecule has 1 saturated heterocycles. The number of nitrogens with one attached hydrogen (secondary N) is 2. The average molecular weight is 511 g/mol. The third-order valence-electron chi connectivity index (χ3n) is 5.24. The van der Waals surface area contributed by atoms with E-state index in [1.165, 1.54) is 10.9 Å². The zero-order valence-electron chi connectivity index (χ0n) is 17.8. The van der Waals surface area contributed by atoms with Crippen molar-refractivity contribution >= 4 is 40.8 Å². The van der Waals surface area contributed by atoms with Gasteiger partial charge in [0.15, 0.2) is 5.96 Å². The second-order valence-corrected chi connectivity index (χ2v) is 7.78. The fourth-order valence-corrected chi connectivity index (χ4v) is 3.57. The Bertz CT molecular complexity index is 784. The molecule has 7 heteroatoms. The SMILES string of the molecule is CCNC(=NCC(C)(C)N1CCOCC1)NCCc1cccc2cccnc12.I. The van der Waals surface area contributed by atoms with E-state index < -0.39 is 0 Å². The Labute approximate surface area is 191 Å². The first-order valence-electron chi connectivity index (χ1n) is 10.3. The third-order valence-corrected chi connectivity index (χ3v) is 5.24. The molecule has 1 fully saturated rings. The number of morpholine rings is 1. The second-order valence-electron chi connectivity index (χ2n) is 7.78. The van der Waals surface area contributed by atoms with Crippen LogP contribution in [0.25, 0.3) is 10.9 Å². The largest absolute Gasteiger partial charge is 0.379 e. The Morgan fingerprint density at radius 1 is 1.17 bits per heavy atom. The highest BCUT2D eigenvalue weighted by molar-refractivity contribution is 14.0. The first-order valence-corrected chi connectivity index (χ1v) is 10.3. The molecule has 2 heterocycles. The second kappa shape index (κ2) is 11.7. The van der Waals surface area contributed by atoms with Gasteiger partial charge in [0.25, 0.3) is 0 Å². The van der Waals surface area contributed by atoms with Crippen LogP contribution in [0.1, 0.15) is 26.3 Å². The maximum Gasteiger partial charge on any atom is 0.191 e. The van der Waals surface area contributed by atoms with E-state index in [2.05, 4.69) is 65.6 Å². The average Bonchev–Trinajstić information content (AvgIpc) is 2.73. The highest BCUT2D eigenvalue weighted by Gasteiger charge is 2.28. The summed E-state index contributed by atoms with van der Waals surface area (Å²) in [5.74, 6) is 0.872. The molecular formula is C22H34IN5O. The summed E-state index contributed by atoms with van der Waals surface area (Å²) in [4.78, 5) is 11.9. The predicted octanol–water partition coefficient (Wildman–Crippen LogP) is 3.06. The number of pyridine rings is 1. The topological polar surface area (TPSA) is 61.8 Å². The molecule has 1 aromatic heterocycles. The summed E-state index contributed by atoms with van der Waals surface area (Å²) in [6, 6.07) is 10.5. The number of halogens is 1. The number of ether oxygens (including phenoxy) is 1. The van der Waals surface area contributed by atoms with Crippen LogP contribution in [0.2, 0.25) is 0 Å². The van der Waals surface area contributed by atoms with Crippen LogP contribution in [0.4, 0.5) is 0 Å². The van der Waals surface area contributed by atoms with Gasteiger partial charge in [0.2, 0.25) is 0 Å². The van der Waals surface area contributed by atoms with E-state index >= 15 is 0 Å². The molecule has 1 aliphatic rings. The van der Waals surface area contributed by atoms with Crippen molar-refractivity contribution in [2.75, 3.05) is 45.9 Å². The van der Waals surface area contributed by atoms with Crippen molar-refractivity contribution in [1.82, 2.24) is 20.5 Å². The molecule has 1 aliphatic heterocycles. The summed E-state index contributed by atoms with van der Waals surface area (Å²) >= 11 is 0. The summed E-state index contributed by atoms with van der Waals surface area (Å²) in [5, 5.41) is 8.03. The van der Waals surface area contributed by atoms with Crippen molar-refractivity contribution in [1.29, 1.82) is 0 Å². The first kappa shape index (κ1) is 23.8. The lowest BCUT2D eigenvalue weighted by atomic mass is 10.0. The van der Waals surface area contributed by atoms with Crippen LogP contribution in [0.15, 0.2) is 41.5 Å². The van der Waals surface area contributed by atoms with E-state index in [9.17, 15) is 0 Å². The van der Waals surface area contributed by atoms with E-state index in [1.54, 1.807) is 0 Å². The third kappa shape index (κ3) is 6.79. The van der Waals surface area contributed by atoms with E-state index in [0.29, 0.717) is 0 Å². The normalized spacial score (nSPS) is 15.8.